The number of para-hydroxylation sites is 1. The molecule has 1 aliphatic heterocycles. The number of quaternary nitrogens is 1. The summed E-state index contributed by atoms with van der Waals surface area (Å²) in [7, 11) is 0. The molecule has 1 saturated heterocycles. The Balaban J connectivity index is 1.65. The van der Waals surface area contributed by atoms with Gasteiger partial charge in [0.15, 0.2) is 5.54 Å². The van der Waals surface area contributed by atoms with Gasteiger partial charge in [-0.15, -0.1) is 0 Å². The summed E-state index contributed by atoms with van der Waals surface area (Å²) in [4.78, 5) is 0. The van der Waals surface area contributed by atoms with Gasteiger partial charge in [-0.25, -0.2) is 0 Å². The maximum absolute atomic E-state index is 13.5. The first-order valence-corrected chi connectivity index (χ1v) is 9.57. The summed E-state index contributed by atoms with van der Waals surface area (Å²) in [5.41, 5.74) is 16.0. The van der Waals surface area contributed by atoms with E-state index in [9.17, 15) is 5.21 Å². The molecule has 144 valence electrons. The molecule has 0 amide bonds. The number of nitrogens with zero attached hydrogens (tertiary/aromatic N) is 1. The van der Waals surface area contributed by atoms with Crippen LogP contribution in [0.1, 0.15) is 16.7 Å². The second kappa shape index (κ2) is 7.37. The topological polar surface area (TPSA) is 87.1 Å². The molecule has 3 aromatic carbocycles. The predicted octanol–water partition coefficient (Wildman–Crippen LogP) is 3.43. The molecule has 0 spiro atoms. The second-order valence-corrected chi connectivity index (χ2v) is 7.55. The van der Waals surface area contributed by atoms with Gasteiger partial charge in [0, 0.05) is 18.8 Å². The molecule has 0 atom stereocenters. The number of nitrogens with one attached hydrogen (secondary N) is 1. The number of hydrogen-bond donors (Lipinski definition) is 3. The third-order valence-electron chi connectivity index (χ3n) is 5.59. The highest BCUT2D eigenvalue weighted by molar-refractivity contribution is 5.56. The normalized spacial score (nSPS) is 23.8. The Morgan fingerprint density at radius 3 is 1.86 bits per heavy atom. The Bertz CT molecular complexity index is 917. The summed E-state index contributed by atoms with van der Waals surface area (Å²) < 4.78 is -0.358. The summed E-state index contributed by atoms with van der Waals surface area (Å²) >= 11 is 0. The van der Waals surface area contributed by atoms with Crippen molar-refractivity contribution in [1.29, 1.82) is 0 Å². The zero-order valence-electron chi connectivity index (χ0n) is 15.8. The van der Waals surface area contributed by atoms with Crippen LogP contribution in [-0.2, 0) is 18.6 Å². The molecule has 5 nitrogen and oxygen atoms in total. The van der Waals surface area contributed by atoms with Crippen molar-refractivity contribution >= 4 is 11.4 Å². The molecule has 4 rings (SSSR count). The van der Waals surface area contributed by atoms with Gasteiger partial charge < -0.3 is 26.6 Å². The van der Waals surface area contributed by atoms with Crippen LogP contribution >= 0.6 is 0 Å². The molecule has 3 aromatic rings. The van der Waals surface area contributed by atoms with Crippen LogP contribution in [0.4, 0.5) is 11.4 Å². The van der Waals surface area contributed by atoms with Gasteiger partial charge in [0.2, 0.25) is 0 Å². The van der Waals surface area contributed by atoms with Crippen LogP contribution < -0.4 is 21.4 Å². The van der Waals surface area contributed by atoms with Gasteiger partial charge in [-0.05, 0) is 41.0 Å². The van der Waals surface area contributed by atoms with Crippen molar-refractivity contribution < 1.29 is 0 Å². The average Bonchev–Trinajstić information content (AvgIpc) is 2.73. The van der Waals surface area contributed by atoms with E-state index in [2.05, 4.69) is 17.4 Å². The van der Waals surface area contributed by atoms with Crippen molar-refractivity contribution in [2.75, 3.05) is 18.4 Å². The number of rotatable bonds is 6. The van der Waals surface area contributed by atoms with Crippen LogP contribution in [0, 0.1) is 5.21 Å². The highest BCUT2D eigenvalue weighted by Gasteiger charge is 2.54. The van der Waals surface area contributed by atoms with E-state index >= 15 is 0 Å². The van der Waals surface area contributed by atoms with Crippen LogP contribution in [0.3, 0.4) is 0 Å². The maximum Gasteiger partial charge on any atom is 0.163 e. The lowest BCUT2D eigenvalue weighted by Crippen LogP contribution is -2.73. The number of nitrogens with two attached hydrogens (primary N) is 2. The standard InChI is InChI=1S/C23H26N4O/c24-14-18-6-10-20(11-7-18)23(26-21-4-2-1-3-5-21)16-27(28,17-23)22-12-8-19(15-25)9-13-22/h1-13,26H,14-17,24-25H2. The second-order valence-electron chi connectivity index (χ2n) is 7.55. The van der Waals surface area contributed by atoms with Crippen LogP contribution in [0.25, 0.3) is 0 Å². The van der Waals surface area contributed by atoms with Crippen molar-refractivity contribution in [3.05, 3.63) is 101 Å². The van der Waals surface area contributed by atoms with Crippen LogP contribution in [0.5, 0.6) is 0 Å². The van der Waals surface area contributed by atoms with Crippen LogP contribution in [0.15, 0.2) is 78.9 Å². The summed E-state index contributed by atoms with van der Waals surface area (Å²) in [5, 5.41) is 17.1. The largest absolute Gasteiger partial charge is 0.627 e. The molecule has 1 heterocycles. The van der Waals surface area contributed by atoms with E-state index in [0.717, 1.165) is 28.1 Å². The van der Waals surface area contributed by atoms with Gasteiger partial charge >= 0.3 is 0 Å². The molecule has 5 N–H and O–H groups in total. The van der Waals surface area contributed by atoms with Gasteiger partial charge in [-0.3, -0.25) is 0 Å². The molecule has 0 unspecified atom stereocenters. The SMILES string of the molecule is NCc1ccc(C2(Nc3ccccc3)C[N+]([O-])(c3ccc(CN)cc3)C2)cc1. The van der Waals surface area contributed by atoms with E-state index in [1.165, 1.54) is 0 Å². The zero-order valence-corrected chi connectivity index (χ0v) is 15.8. The van der Waals surface area contributed by atoms with Crippen molar-refractivity contribution in [1.82, 2.24) is 4.65 Å². The number of benzene rings is 3. The summed E-state index contributed by atoms with van der Waals surface area (Å²) in [6, 6.07) is 26.0. The first-order chi connectivity index (χ1) is 13.6. The van der Waals surface area contributed by atoms with Crippen molar-refractivity contribution in [2.24, 2.45) is 11.5 Å². The van der Waals surface area contributed by atoms with Gasteiger partial charge in [-0.2, -0.15) is 0 Å². The van der Waals surface area contributed by atoms with Crippen molar-refractivity contribution in [2.45, 2.75) is 18.6 Å². The zero-order chi connectivity index (χ0) is 19.6. The van der Waals surface area contributed by atoms with Gasteiger partial charge in [0.05, 0.1) is 0 Å². The lowest BCUT2D eigenvalue weighted by atomic mass is 9.80. The molecule has 0 saturated carbocycles. The fraction of sp³-hybridized carbons (Fsp3) is 0.217. The average molecular weight is 374 g/mol. The van der Waals surface area contributed by atoms with Gasteiger partial charge in [-0.1, -0.05) is 54.6 Å². The molecule has 0 aliphatic carbocycles. The van der Waals surface area contributed by atoms with Crippen molar-refractivity contribution in [3.8, 4) is 0 Å². The predicted molar refractivity (Wildman–Crippen MR) is 115 cm³/mol. The Labute approximate surface area is 165 Å². The molecule has 1 fully saturated rings. The lowest BCUT2D eigenvalue weighted by Gasteiger charge is -2.60. The fourth-order valence-electron chi connectivity index (χ4n) is 4.00. The summed E-state index contributed by atoms with van der Waals surface area (Å²) in [6.45, 7) is 1.83. The number of anilines is 1. The van der Waals surface area contributed by atoms with E-state index in [0.29, 0.717) is 26.2 Å². The van der Waals surface area contributed by atoms with Gasteiger partial charge in [0.1, 0.15) is 18.8 Å². The third kappa shape index (κ3) is 3.41. The minimum atomic E-state index is -0.414. The van der Waals surface area contributed by atoms with E-state index in [4.69, 9.17) is 11.5 Å². The first-order valence-electron chi connectivity index (χ1n) is 9.57. The minimum absolute atomic E-state index is 0.358. The van der Waals surface area contributed by atoms with E-state index in [-0.39, 0.29) is 4.65 Å². The molecule has 28 heavy (non-hydrogen) atoms. The van der Waals surface area contributed by atoms with Gasteiger partial charge in [0.25, 0.3) is 0 Å². The summed E-state index contributed by atoms with van der Waals surface area (Å²) in [6.07, 6.45) is 0. The molecular formula is C23H26N4O. The molecule has 1 aliphatic rings. The molecule has 0 bridgehead atoms. The van der Waals surface area contributed by atoms with E-state index in [1.807, 2.05) is 66.7 Å². The number of hydroxylamine groups is 2. The highest BCUT2D eigenvalue weighted by Crippen LogP contribution is 2.43. The Kier molecular flexibility index (Phi) is 4.91. The lowest BCUT2D eigenvalue weighted by molar-refractivity contribution is 0.144. The monoisotopic (exact) mass is 374 g/mol. The fourth-order valence-corrected chi connectivity index (χ4v) is 4.00. The third-order valence-corrected chi connectivity index (χ3v) is 5.59. The molecule has 0 aromatic heterocycles. The highest BCUT2D eigenvalue weighted by atomic mass is 16.6. The van der Waals surface area contributed by atoms with Crippen LogP contribution in [0.2, 0.25) is 0 Å². The Morgan fingerprint density at radius 2 is 1.32 bits per heavy atom. The quantitative estimate of drug-likeness (QED) is 0.456. The van der Waals surface area contributed by atoms with Crippen LogP contribution in [-0.4, -0.2) is 13.1 Å². The van der Waals surface area contributed by atoms with E-state index < -0.39 is 5.54 Å². The first kappa shape index (κ1) is 18.7. The van der Waals surface area contributed by atoms with Crippen molar-refractivity contribution in [3.63, 3.8) is 0 Å². The summed E-state index contributed by atoms with van der Waals surface area (Å²) in [5.74, 6) is 0. The Hall–Kier alpha value is -2.70. The number of hydrogen-bond acceptors (Lipinski definition) is 4. The smallest absolute Gasteiger partial charge is 0.163 e. The Morgan fingerprint density at radius 1 is 0.786 bits per heavy atom. The molecule has 0 radical (unpaired) electrons. The molecule has 5 heteroatoms. The maximum atomic E-state index is 13.5. The van der Waals surface area contributed by atoms with E-state index in [1.54, 1.807) is 0 Å². The minimum Gasteiger partial charge on any atom is -0.627 e. The molecular weight excluding hydrogens is 348 g/mol.